The number of carbonyl (C=O) groups excluding carboxylic acids is 1. The van der Waals surface area contributed by atoms with E-state index in [0.29, 0.717) is 18.8 Å². The Balaban J connectivity index is 1.94. The van der Waals surface area contributed by atoms with Crippen LogP contribution in [0.5, 0.6) is 5.75 Å². The molecule has 7 heteroatoms. The van der Waals surface area contributed by atoms with Gasteiger partial charge in [-0.25, -0.2) is 4.79 Å². The third kappa shape index (κ3) is 7.71. The van der Waals surface area contributed by atoms with Crippen molar-refractivity contribution in [3.8, 4) is 5.75 Å². The Morgan fingerprint density at radius 2 is 1.67 bits per heavy atom. The van der Waals surface area contributed by atoms with E-state index in [0.717, 1.165) is 24.8 Å². The first-order valence-electron chi connectivity index (χ1n) is 10.0. The highest BCUT2D eigenvalue weighted by Gasteiger charge is 2.47. The zero-order valence-corrected chi connectivity index (χ0v) is 16.9. The van der Waals surface area contributed by atoms with Crippen molar-refractivity contribution < 1.29 is 32.5 Å². The van der Waals surface area contributed by atoms with Crippen LogP contribution in [0.1, 0.15) is 54.9 Å². The van der Waals surface area contributed by atoms with Crippen molar-refractivity contribution >= 4 is 5.97 Å². The summed E-state index contributed by atoms with van der Waals surface area (Å²) >= 11 is 0. The van der Waals surface area contributed by atoms with E-state index in [2.05, 4.69) is 4.74 Å². The molecule has 0 saturated heterocycles. The Labute approximate surface area is 174 Å². The van der Waals surface area contributed by atoms with Crippen LogP contribution in [0.3, 0.4) is 0 Å². The fourth-order valence-electron chi connectivity index (χ4n) is 2.91. The number of alkyl halides is 3. The van der Waals surface area contributed by atoms with Gasteiger partial charge in [-0.1, -0.05) is 62.9 Å². The van der Waals surface area contributed by atoms with E-state index >= 15 is 0 Å². The minimum Gasteiger partial charge on any atom is -0.489 e. The average Bonchev–Trinajstić information content (AvgIpc) is 2.73. The summed E-state index contributed by atoms with van der Waals surface area (Å²) in [5.41, 5.74) is 0.913. The van der Waals surface area contributed by atoms with Gasteiger partial charge in [0, 0.05) is 0 Å². The highest BCUT2D eigenvalue weighted by atomic mass is 19.4. The molecule has 30 heavy (non-hydrogen) atoms. The van der Waals surface area contributed by atoms with Crippen LogP contribution in [0, 0.1) is 0 Å². The molecular weight excluding hydrogens is 397 g/mol. The summed E-state index contributed by atoms with van der Waals surface area (Å²) in [6.45, 7) is 2.31. The van der Waals surface area contributed by atoms with Gasteiger partial charge in [0.15, 0.2) is 0 Å². The summed E-state index contributed by atoms with van der Waals surface area (Å²) in [4.78, 5) is 12.2. The van der Waals surface area contributed by atoms with Crippen molar-refractivity contribution in [2.45, 2.75) is 64.0 Å². The zero-order valence-electron chi connectivity index (χ0n) is 16.9. The molecule has 0 aliphatic carbocycles. The molecule has 2 aromatic carbocycles. The average molecular weight is 424 g/mol. The van der Waals surface area contributed by atoms with Gasteiger partial charge >= 0.3 is 12.1 Å². The van der Waals surface area contributed by atoms with Crippen molar-refractivity contribution in [2.75, 3.05) is 0 Å². The molecule has 2 aromatic rings. The number of carbonyl (C=O) groups is 1. The maximum atomic E-state index is 13.3. The molecule has 1 N–H and O–H groups in total. The lowest BCUT2D eigenvalue weighted by Crippen LogP contribution is -2.43. The molecule has 2 atom stereocenters. The molecule has 0 aromatic heterocycles. The van der Waals surface area contributed by atoms with E-state index in [1.807, 2.05) is 37.3 Å². The Kier molecular flexibility index (Phi) is 9.17. The Morgan fingerprint density at radius 1 is 1.00 bits per heavy atom. The fraction of sp³-hybridized carbons (Fsp3) is 0.435. The molecule has 0 aliphatic rings. The third-order valence-corrected chi connectivity index (χ3v) is 4.60. The van der Waals surface area contributed by atoms with Gasteiger partial charge in [-0.3, -0.25) is 0 Å². The van der Waals surface area contributed by atoms with E-state index < -0.39 is 24.4 Å². The molecule has 0 amide bonds. The van der Waals surface area contributed by atoms with Crippen LogP contribution in [0.4, 0.5) is 13.2 Å². The lowest BCUT2D eigenvalue weighted by molar-refractivity contribution is -0.230. The van der Waals surface area contributed by atoms with Gasteiger partial charge in [-0.15, -0.1) is 0 Å². The van der Waals surface area contributed by atoms with Gasteiger partial charge in [-0.05, 0) is 36.2 Å². The Bertz CT molecular complexity index is 760. The van der Waals surface area contributed by atoms with Crippen LogP contribution in [-0.2, 0) is 11.3 Å². The van der Waals surface area contributed by atoms with E-state index in [1.165, 1.54) is 24.3 Å². The molecule has 0 radical (unpaired) electrons. The smallest absolute Gasteiger partial charge is 0.428 e. The summed E-state index contributed by atoms with van der Waals surface area (Å²) < 4.78 is 50.1. The highest BCUT2D eigenvalue weighted by molar-refractivity contribution is 5.89. The maximum absolute atomic E-state index is 13.3. The summed E-state index contributed by atoms with van der Waals surface area (Å²) in [5.74, 6) is -0.668. The SMILES string of the molecule is CCCCCC[C@H](O)[C@H](OC(=O)c1ccc(OCc2ccccc2)cc1)C(F)(F)F. The quantitative estimate of drug-likeness (QED) is 0.372. The predicted octanol–water partition coefficient (Wildman–Crippen LogP) is 5.68. The molecule has 0 fully saturated rings. The number of ether oxygens (including phenoxy) is 2. The van der Waals surface area contributed by atoms with Crippen LogP contribution in [0.15, 0.2) is 54.6 Å². The lowest BCUT2D eigenvalue weighted by atomic mass is 10.0. The first-order valence-corrected chi connectivity index (χ1v) is 10.0. The van der Waals surface area contributed by atoms with Gasteiger partial charge in [0.25, 0.3) is 0 Å². The molecule has 0 spiro atoms. The van der Waals surface area contributed by atoms with Crippen molar-refractivity contribution in [2.24, 2.45) is 0 Å². The minimum atomic E-state index is -4.85. The number of aliphatic hydroxyl groups is 1. The first-order chi connectivity index (χ1) is 14.3. The number of unbranched alkanes of at least 4 members (excludes halogenated alkanes) is 3. The first kappa shape index (κ1) is 23.7. The number of rotatable bonds is 11. The number of benzene rings is 2. The summed E-state index contributed by atoms with van der Waals surface area (Å²) in [6, 6.07) is 15.1. The van der Waals surface area contributed by atoms with Gasteiger partial charge in [-0.2, -0.15) is 13.2 Å². The monoisotopic (exact) mass is 424 g/mol. The second-order valence-corrected chi connectivity index (χ2v) is 7.08. The van der Waals surface area contributed by atoms with Crippen LogP contribution in [0.2, 0.25) is 0 Å². The van der Waals surface area contributed by atoms with Crippen molar-refractivity contribution in [1.82, 2.24) is 0 Å². The largest absolute Gasteiger partial charge is 0.489 e. The van der Waals surface area contributed by atoms with Crippen molar-refractivity contribution in [1.29, 1.82) is 0 Å². The van der Waals surface area contributed by atoms with Crippen molar-refractivity contribution in [3.05, 3.63) is 65.7 Å². The summed E-state index contributed by atoms with van der Waals surface area (Å²) in [6.07, 6.45) is -6.31. The van der Waals surface area contributed by atoms with E-state index in [9.17, 15) is 23.1 Å². The lowest BCUT2D eigenvalue weighted by Gasteiger charge is -2.25. The van der Waals surface area contributed by atoms with E-state index in [1.54, 1.807) is 0 Å². The topological polar surface area (TPSA) is 55.8 Å². The minimum absolute atomic E-state index is 0.0468. The number of aliphatic hydroxyl groups excluding tert-OH is 1. The standard InChI is InChI=1S/C23H27F3O4/c1-2-3-4-8-11-20(27)21(23(24,25)26)30-22(28)18-12-14-19(15-13-18)29-16-17-9-6-5-7-10-17/h5-7,9-10,12-15,20-21,27H,2-4,8,11,16H2,1H3/t20-,21-/m0/s1. The van der Waals surface area contributed by atoms with Gasteiger partial charge in [0.2, 0.25) is 6.10 Å². The molecule has 0 unspecified atom stereocenters. The maximum Gasteiger partial charge on any atom is 0.428 e. The van der Waals surface area contributed by atoms with Crippen LogP contribution >= 0.6 is 0 Å². The number of esters is 1. The third-order valence-electron chi connectivity index (χ3n) is 4.60. The predicted molar refractivity (Wildman–Crippen MR) is 107 cm³/mol. The molecule has 0 aliphatic heterocycles. The summed E-state index contributed by atoms with van der Waals surface area (Å²) in [5, 5.41) is 9.94. The molecule has 0 heterocycles. The summed E-state index contributed by atoms with van der Waals surface area (Å²) in [7, 11) is 0. The number of halogens is 3. The van der Waals surface area contributed by atoms with E-state index in [4.69, 9.17) is 4.74 Å². The number of hydrogen-bond acceptors (Lipinski definition) is 4. The molecule has 0 bridgehead atoms. The second-order valence-electron chi connectivity index (χ2n) is 7.08. The van der Waals surface area contributed by atoms with Crippen LogP contribution < -0.4 is 4.74 Å². The molecule has 2 rings (SSSR count). The van der Waals surface area contributed by atoms with Crippen LogP contribution in [-0.4, -0.2) is 29.5 Å². The Morgan fingerprint density at radius 3 is 2.27 bits per heavy atom. The zero-order chi connectivity index (χ0) is 22.0. The van der Waals surface area contributed by atoms with Gasteiger partial charge in [0.05, 0.1) is 5.56 Å². The van der Waals surface area contributed by atoms with E-state index in [-0.39, 0.29) is 12.0 Å². The molecule has 4 nitrogen and oxygen atoms in total. The van der Waals surface area contributed by atoms with Gasteiger partial charge < -0.3 is 14.6 Å². The second kappa shape index (κ2) is 11.6. The van der Waals surface area contributed by atoms with Gasteiger partial charge in [0.1, 0.15) is 18.5 Å². The molecule has 164 valence electrons. The van der Waals surface area contributed by atoms with Crippen molar-refractivity contribution in [3.63, 3.8) is 0 Å². The Hall–Kier alpha value is -2.54. The molecule has 0 saturated carbocycles. The highest BCUT2D eigenvalue weighted by Crippen LogP contribution is 2.29. The normalized spacial score (nSPS) is 13.5. The fourth-order valence-corrected chi connectivity index (χ4v) is 2.91. The van der Waals surface area contributed by atoms with Crippen LogP contribution in [0.25, 0.3) is 0 Å². The molecular formula is C23H27F3O4. The number of hydrogen-bond donors (Lipinski definition) is 1.